The van der Waals surface area contributed by atoms with Crippen molar-refractivity contribution in [3.8, 4) is 0 Å². The fraction of sp³-hybridized carbons (Fsp3) is 0.211. The standard InChI is InChI=1S/C19H16F3N3O6/c1-30-18(27)16(10-23-31-11-12-2-8-15(9-3-12)25(28)29)24-17(26)13-4-6-14(7-5-13)19(20,21)22/h2-10,16H,11H2,1H3,(H,24,26)/b23-10-/t16-/m1/s1. The van der Waals surface area contributed by atoms with Gasteiger partial charge in [0.15, 0.2) is 6.04 Å². The van der Waals surface area contributed by atoms with Gasteiger partial charge in [-0.05, 0) is 42.0 Å². The van der Waals surface area contributed by atoms with E-state index in [1.54, 1.807) is 0 Å². The molecule has 0 radical (unpaired) electrons. The van der Waals surface area contributed by atoms with Crippen molar-refractivity contribution in [2.45, 2.75) is 18.8 Å². The molecule has 2 rings (SSSR count). The van der Waals surface area contributed by atoms with Crippen LogP contribution >= 0.6 is 0 Å². The number of hydrogen-bond donors (Lipinski definition) is 1. The highest BCUT2D eigenvalue weighted by molar-refractivity contribution is 6.02. The van der Waals surface area contributed by atoms with Crippen molar-refractivity contribution >= 4 is 23.8 Å². The third-order valence-corrected chi connectivity index (χ3v) is 3.88. The van der Waals surface area contributed by atoms with E-state index in [1.165, 1.54) is 24.3 Å². The maximum atomic E-state index is 12.6. The lowest BCUT2D eigenvalue weighted by Gasteiger charge is -2.13. The summed E-state index contributed by atoms with van der Waals surface area (Å²) in [6.07, 6.45) is -3.60. The van der Waals surface area contributed by atoms with E-state index in [4.69, 9.17) is 4.84 Å². The van der Waals surface area contributed by atoms with Crippen LogP contribution in [-0.4, -0.2) is 36.2 Å². The molecule has 0 fully saturated rings. The van der Waals surface area contributed by atoms with Gasteiger partial charge in [-0.25, -0.2) is 4.79 Å². The lowest BCUT2D eigenvalue weighted by atomic mass is 10.1. The van der Waals surface area contributed by atoms with Crippen LogP contribution in [0.4, 0.5) is 18.9 Å². The maximum absolute atomic E-state index is 12.6. The molecule has 1 N–H and O–H groups in total. The molecule has 31 heavy (non-hydrogen) atoms. The van der Waals surface area contributed by atoms with Crippen molar-refractivity contribution in [2.75, 3.05) is 7.11 Å². The van der Waals surface area contributed by atoms with Gasteiger partial charge in [-0.2, -0.15) is 13.2 Å². The van der Waals surface area contributed by atoms with Gasteiger partial charge in [-0.1, -0.05) is 5.16 Å². The van der Waals surface area contributed by atoms with E-state index in [-0.39, 0.29) is 17.9 Å². The Kier molecular flexibility index (Phi) is 7.66. The number of esters is 1. The first-order valence-corrected chi connectivity index (χ1v) is 8.56. The summed E-state index contributed by atoms with van der Waals surface area (Å²) in [5.74, 6) is -1.71. The van der Waals surface area contributed by atoms with Crippen molar-refractivity contribution in [1.29, 1.82) is 0 Å². The number of halogens is 3. The van der Waals surface area contributed by atoms with Gasteiger partial charge >= 0.3 is 12.1 Å². The number of nitrogens with zero attached hydrogens (tertiary/aromatic N) is 2. The number of alkyl halides is 3. The summed E-state index contributed by atoms with van der Waals surface area (Å²) in [7, 11) is 1.07. The molecule has 0 aliphatic rings. The predicted molar refractivity (Wildman–Crippen MR) is 101 cm³/mol. The van der Waals surface area contributed by atoms with Crippen LogP contribution in [-0.2, 0) is 27.2 Å². The highest BCUT2D eigenvalue weighted by Gasteiger charge is 2.30. The topological polar surface area (TPSA) is 120 Å². The zero-order valence-corrected chi connectivity index (χ0v) is 16.0. The molecule has 0 saturated carbocycles. The quantitative estimate of drug-likeness (QED) is 0.292. The average molecular weight is 439 g/mol. The summed E-state index contributed by atoms with van der Waals surface area (Å²) in [6.45, 7) is -0.0742. The summed E-state index contributed by atoms with van der Waals surface area (Å²) >= 11 is 0. The highest BCUT2D eigenvalue weighted by Crippen LogP contribution is 2.29. The normalized spacial score (nSPS) is 12.3. The number of nitro groups is 1. The van der Waals surface area contributed by atoms with E-state index in [2.05, 4.69) is 15.2 Å². The van der Waals surface area contributed by atoms with Crippen LogP contribution in [0.25, 0.3) is 0 Å². The molecule has 2 aromatic rings. The smallest absolute Gasteiger partial charge is 0.416 e. The molecule has 2 aromatic carbocycles. The van der Waals surface area contributed by atoms with Gasteiger partial charge in [-0.3, -0.25) is 14.9 Å². The Bertz CT molecular complexity index is 959. The Balaban J connectivity index is 1.98. The third-order valence-electron chi connectivity index (χ3n) is 3.88. The summed E-state index contributed by atoms with van der Waals surface area (Å²) in [6, 6.07) is 7.52. The Labute approximate surface area is 173 Å². The molecule has 0 aromatic heterocycles. The molecule has 9 nitrogen and oxygen atoms in total. The number of amides is 1. The fourth-order valence-corrected chi connectivity index (χ4v) is 2.25. The number of benzene rings is 2. The predicted octanol–water partition coefficient (Wildman–Crippen LogP) is 3.09. The zero-order chi connectivity index (χ0) is 23.0. The molecule has 0 aliphatic heterocycles. The van der Waals surface area contributed by atoms with Crippen LogP contribution in [0.3, 0.4) is 0 Å². The second-order valence-corrected chi connectivity index (χ2v) is 6.00. The number of rotatable bonds is 8. The van der Waals surface area contributed by atoms with Crippen molar-refractivity contribution in [2.24, 2.45) is 5.16 Å². The number of carbonyl (C=O) groups is 2. The molecule has 1 atom stereocenters. The molecule has 0 spiro atoms. The second-order valence-electron chi connectivity index (χ2n) is 6.00. The van der Waals surface area contributed by atoms with Gasteiger partial charge in [0, 0.05) is 17.7 Å². The summed E-state index contributed by atoms with van der Waals surface area (Å²) < 4.78 is 42.4. The van der Waals surface area contributed by atoms with Crippen molar-refractivity contribution < 1.29 is 37.3 Å². The first kappa shape index (κ1) is 23.3. The highest BCUT2D eigenvalue weighted by atomic mass is 19.4. The number of ether oxygens (including phenoxy) is 1. The Morgan fingerprint density at radius 1 is 1.16 bits per heavy atom. The van der Waals surface area contributed by atoms with Crippen LogP contribution < -0.4 is 5.32 Å². The number of hydrogen-bond acceptors (Lipinski definition) is 7. The first-order chi connectivity index (χ1) is 14.6. The molecule has 0 heterocycles. The lowest BCUT2D eigenvalue weighted by molar-refractivity contribution is -0.384. The SMILES string of the molecule is COC(=O)[C@@H](/C=N\OCc1ccc([N+](=O)[O-])cc1)NC(=O)c1ccc(C(F)(F)F)cc1. The molecule has 12 heteroatoms. The van der Waals surface area contributed by atoms with E-state index >= 15 is 0 Å². The van der Waals surface area contributed by atoms with Gasteiger partial charge in [0.2, 0.25) is 0 Å². The van der Waals surface area contributed by atoms with Crippen molar-refractivity contribution in [1.82, 2.24) is 5.32 Å². The number of oxime groups is 1. The number of non-ortho nitro benzene ring substituents is 1. The molecular formula is C19H16F3N3O6. The largest absolute Gasteiger partial charge is 0.467 e. The second kappa shape index (κ2) is 10.2. The molecule has 1 amide bonds. The molecular weight excluding hydrogens is 423 g/mol. The minimum Gasteiger partial charge on any atom is -0.467 e. The van der Waals surface area contributed by atoms with Gasteiger partial charge in [0.25, 0.3) is 11.6 Å². The zero-order valence-electron chi connectivity index (χ0n) is 16.0. The lowest BCUT2D eigenvalue weighted by Crippen LogP contribution is -2.42. The minimum atomic E-state index is -4.54. The van der Waals surface area contributed by atoms with Crippen molar-refractivity contribution in [3.05, 3.63) is 75.3 Å². The summed E-state index contributed by atoms with van der Waals surface area (Å²) in [5.41, 5.74) is -0.563. The van der Waals surface area contributed by atoms with E-state index in [0.29, 0.717) is 5.56 Å². The molecule has 0 unspecified atom stereocenters. The van der Waals surface area contributed by atoms with E-state index in [1.807, 2.05) is 0 Å². The van der Waals surface area contributed by atoms with Crippen LogP contribution in [0.15, 0.2) is 53.7 Å². The molecule has 164 valence electrons. The summed E-state index contributed by atoms with van der Waals surface area (Å²) in [5, 5.41) is 16.4. The van der Waals surface area contributed by atoms with E-state index < -0.39 is 34.6 Å². The Morgan fingerprint density at radius 2 is 1.77 bits per heavy atom. The number of carbonyl (C=O) groups excluding carboxylic acids is 2. The van der Waals surface area contributed by atoms with Crippen LogP contribution in [0.2, 0.25) is 0 Å². The Morgan fingerprint density at radius 3 is 2.29 bits per heavy atom. The number of nitro benzene ring substituents is 1. The van der Waals surface area contributed by atoms with Crippen LogP contribution in [0.5, 0.6) is 0 Å². The van der Waals surface area contributed by atoms with Gasteiger partial charge in [0.05, 0.1) is 23.8 Å². The fourth-order valence-electron chi connectivity index (χ4n) is 2.25. The maximum Gasteiger partial charge on any atom is 0.416 e. The third kappa shape index (κ3) is 6.80. The van der Waals surface area contributed by atoms with E-state index in [0.717, 1.165) is 37.6 Å². The molecule has 0 aliphatic carbocycles. The van der Waals surface area contributed by atoms with Gasteiger partial charge < -0.3 is 14.9 Å². The van der Waals surface area contributed by atoms with Gasteiger partial charge in [-0.15, -0.1) is 0 Å². The Hall–Kier alpha value is -3.96. The monoisotopic (exact) mass is 439 g/mol. The average Bonchev–Trinajstić information content (AvgIpc) is 2.75. The minimum absolute atomic E-state index is 0.0742. The van der Waals surface area contributed by atoms with E-state index in [9.17, 15) is 32.9 Å². The van der Waals surface area contributed by atoms with Crippen molar-refractivity contribution in [3.63, 3.8) is 0 Å². The van der Waals surface area contributed by atoms with Crippen LogP contribution in [0, 0.1) is 10.1 Å². The van der Waals surface area contributed by atoms with Gasteiger partial charge in [0.1, 0.15) is 6.61 Å². The molecule has 0 saturated heterocycles. The summed E-state index contributed by atoms with van der Waals surface area (Å²) in [4.78, 5) is 39.1. The molecule has 0 bridgehead atoms. The first-order valence-electron chi connectivity index (χ1n) is 8.56. The number of nitrogens with one attached hydrogen (secondary N) is 1. The number of methoxy groups -OCH3 is 1. The van der Waals surface area contributed by atoms with Crippen LogP contribution in [0.1, 0.15) is 21.5 Å².